The predicted octanol–water partition coefficient (Wildman–Crippen LogP) is 5.66. The number of nitrogens with zero attached hydrogens (tertiary/aromatic N) is 1. The number of ether oxygens (including phenoxy) is 1. The van der Waals surface area contributed by atoms with E-state index in [1.54, 1.807) is 12.1 Å². The second-order valence-electron chi connectivity index (χ2n) is 8.79. The highest BCUT2D eigenvalue weighted by Crippen LogP contribution is 2.36. The molecular weight excluding hydrogens is 388 g/mol. The Morgan fingerprint density at radius 1 is 1.10 bits per heavy atom. The molecule has 2 aromatic rings. The van der Waals surface area contributed by atoms with E-state index in [4.69, 9.17) is 10.5 Å². The van der Waals surface area contributed by atoms with Crippen LogP contribution in [0.4, 0.5) is 0 Å². The van der Waals surface area contributed by atoms with Gasteiger partial charge in [0.05, 0.1) is 18.2 Å². The van der Waals surface area contributed by atoms with Crippen LogP contribution in [0.5, 0.6) is 0 Å². The van der Waals surface area contributed by atoms with E-state index in [2.05, 4.69) is 11.5 Å². The van der Waals surface area contributed by atoms with Gasteiger partial charge >= 0.3 is 5.97 Å². The van der Waals surface area contributed by atoms with Crippen LogP contribution in [-0.2, 0) is 17.7 Å². The van der Waals surface area contributed by atoms with E-state index in [0.29, 0.717) is 17.0 Å². The van der Waals surface area contributed by atoms with Gasteiger partial charge < -0.3 is 15.0 Å². The summed E-state index contributed by atoms with van der Waals surface area (Å²) < 4.78 is 7.19. The van der Waals surface area contributed by atoms with Crippen LogP contribution >= 0.6 is 0 Å². The molecule has 1 aliphatic carbocycles. The minimum Gasteiger partial charge on any atom is -0.465 e. The molecule has 1 aliphatic rings. The molecule has 2 N–H and O–H groups in total. The number of carbonyl (C=O) groups excluding carboxylic acids is 2. The Kier molecular flexibility index (Phi) is 7.94. The summed E-state index contributed by atoms with van der Waals surface area (Å²) in [5, 5.41) is 0. The van der Waals surface area contributed by atoms with E-state index >= 15 is 0 Å². The molecule has 0 radical (unpaired) electrons. The maximum atomic E-state index is 12.6. The first-order chi connectivity index (χ1) is 15.0. The zero-order valence-corrected chi connectivity index (χ0v) is 19.2. The first-order valence-electron chi connectivity index (χ1n) is 11.7. The molecule has 1 aromatic heterocycles. The maximum absolute atomic E-state index is 12.6. The summed E-state index contributed by atoms with van der Waals surface area (Å²) in [5.74, 6) is -0.0976. The molecule has 0 saturated heterocycles. The van der Waals surface area contributed by atoms with Crippen molar-refractivity contribution in [1.29, 1.82) is 0 Å². The number of aromatic nitrogens is 1. The Bertz CT molecular complexity index is 906. The van der Waals surface area contributed by atoms with E-state index in [1.165, 1.54) is 44.9 Å². The monoisotopic (exact) mass is 424 g/mol. The third-order valence-corrected chi connectivity index (χ3v) is 6.65. The Morgan fingerprint density at radius 2 is 1.77 bits per heavy atom. The average molecular weight is 425 g/mol. The van der Waals surface area contributed by atoms with Crippen molar-refractivity contribution in [3.8, 4) is 11.1 Å². The van der Waals surface area contributed by atoms with E-state index < -0.39 is 0 Å². The summed E-state index contributed by atoms with van der Waals surface area (Å²) in [4.78, 5) is 24.4. The van der Waals surface area contributed by atoms with Crippen molar-refractivity contribution in [2.75, 3.05) is 7.11 Å². The van der Waals surface area contributed by atoms with Gasteiger partial charge in [0.2, 0.25) is 0 Å². The second kappa shape index (κ2) is 10.7. The van der Waals surface area contributed by atoms with Crippen molar-refractivity contribution >= 4 is 11.9 Å². The van der Waals surface area contributed by atoms with Gasteiger partial charge in [-0.05, 0) is 56.2 Å². The molecule has 1 amide bonds. The van der Waals surface area contributed by atoms with Gasteiger partial charge in [0.25, 0.3) is 5.91 Å². The number of hydrogen-bond acceptors (Lipinski definition) is 3. The first-order valence-corrected chi connectivity index (χ1v) is 11.7. The van der Waals surface area contributed by atoms with E-state index in [-0.39, 0.29) is 11.9 Å². The topological polar surface area (TPSA) is 74.3 Å². The minimum absolute atomic E-state index is 0.365. The molecule has 5 heteroatoms. The lowest BCUT2D eigenvalue weighted by molar-refractivity contribution is 0.0600. The van der Waals surface area contributed by atoms with Gasteiger partial charge in [-0.15, -0.1) is 0 Å². The first kappa shape index (κ1) is 23.1. The Labute approximate surface area is 186 Å². The van der Waals surface area contributed by atoms with Gasteiger partial charge in [0, 0.05) is 23.5 Å². The van der Waals surface area contributed by atoms with Gasteiger partial charge in [0.15, 0.2) is 0 Å². The number of methoxy groups -OCH3 is 1. The normalized spacial score (nSPS) is 14.5. The number of esters is 1. The van der Waals surface area contributed by atoms with E-state index in [0.717, 1.165) is 49.0 Å². The fourth-order valence-electron chi connectivity index (χ4n) is 4.98. The molecule has 0 bridgehead atoms. The number of primary amides is 1. The quantitative estimate of drug-likeness (QED) is 0.417. The lowest BCUT2D eigenvalue weighted by atomic mass is 9.89. The van der Waals surface area contributed by atoms with Crippen molar-refractivity contribution in [1.82, 2.24) is 4.57 Å². The average Bonchev–Trinajstić information content (AvgIpc) is 3.06. The van der Waals surface area contributed by atoms with Crippen LogP contribution in [0.2, 0.25) is 0 Å². The van der Waals surface area contributed by atoms with E-state index in [9.17, 15) is 9.59 Å². The van der Waals surface area contributed by atoms with Crippen molar-refractivity contribution in [3.63, 3.8) is 0 Å². The number of unbranched alkanes of at least 4 members (excludes halogenated alkanes) is 2. The Hall–Kier alpha value is -2.56. The fourth-order valence-corrected chi connectivity index (χ4v) is 4.98. The smallest absolute Gasteiger partial charge is 0.337 e. The lowest BCUT2D eigenvalue weighted by Gasteiger charge is -2.24. The number of amides is 1. The van der Waals surface area contributed by atoms with E-state index in [1.807, 2.05) is 19.1 Å². The van der Waals surface area contributed by atoms with Gasteiger partial charge in [0.1, 0.15) is 0 Å². The third-order valence-electron chi connectivity index (χ3n) is 6.65. The highest BCUT2D eigenvalue weighted by Gasteiger charge is 2.26. The number of nitrogens with two attached hydrogens (primary N) is 1. The van der Waals surface area contributed by atoms with Crippen molar-refractivity contribution in [2.24, 2.45) is 11.7 Å². The van der Waals surface area contributed by atoms with Crippen LogP contribution in [0, 0.1) is 12.8 Å². The molecule has 0 unspecified atom stereocenters. The Balaban J connectivity index is 2.08. The summed E-state index contributed by atoms with van der Waals surface area (Å²) in [6, 6.07) is 7.33. The molecule has 1 fully saturated rings. The summed E-state index contributed by atoms with van der Waals surface area (Å²) in [6.45, 7) is 5.18. The van der Waals surface area contributed by atoms with Crippen LogP contribution in [0.25, 0.3) is 11.1 Å². The Morgan fingerprint density at radius 3 is 2.35 bits per heavy atom. The summed E-state index contributed by atoms with van der Waals surface area (Å²) in [7, 11) is 1.38. The number of hydrogen-bond donors (Lipinski definition) is 1. The van der Waals surface area contributed by atoms with Crippen LogP contribution in [-0.4, -0.2) is 23.6 Å². The number of rotatable bonds is 9. The molecular formula is C26H36N2O3. The van der Waals surface area contributed by atoms with Crippen LogP contribution in [0.15, 0.2) is 24.3 Å². The molecule has 3 rings (SSSR count). The molecule has 168 valence electrons. The third kappa shape index (κ3) is 5.20. The molecule has 1 aromatic carbocycles. The largest absolute Gasteiger partial charge is 0.465 e. The number of carbonyl (C=O) groups is 2. The van der Waals surface area contributed by atoms with Gasteiger partial charge in [-0.25, -0.2) is 4.79 Å². The summed E-state index contributed by atoms with van der Waals surface area (Å²) in [6.07, 6.45) is 10.7. The van der Waals surface area contributed by atoms with Crippen LogP contribution in [0.3, 0.4) is 0 Å². The van der Waals surface area contributed by atoms with Crippen molar-refractivity contribution in [3.05, 3.63) is 46.8 Å². The zero-order valence-electron chi connectivity index (χ0n) is 19.2. The summed E-state index contributed by atoms with van der Waals surface area (Å²) >= 11 is 0. The molecule has 5 nitrogen and oxygen atoms in total. The van der Waals surface area contributed by atoms with Gasteiger partial charge in [-0.1, -0.05) is 51.2 Å². The van der Waals surface area contributed by atoms with Crippen molar-refractivity contribution in [2.45, 2.75) is 78.2 Å². The molecule has 0 spiro atoms. The molecule has 1 saturated carbocycles. The van der Waals surface area contributed by atoms with Gasteiger partial charge in [-0.2, -0.15) is 0 Å². The number of benzene rings is 1. The summed E-state index contributed by atoms with van der Waals surface area (Å²) in [5.41, 5.74) is 11.1. The second-order valence-corrected chi connectivity index (χ2v) is 8.79. The molecule has 1 heterocycles. The zero-order chi connectivity index (χ0) is 22.4. The predicted molar refractivity (Wildman–Crippen MR) is 124 cm³/mol. The maximum Gasteiger partial charge on any atom is 0.337 e. The lowest BCUT2D eigenvalue weighted by Crippen LogP contribution is -2.18. The highest BCUT2D eigenvalue weighted by molar-refractivity contribution is 6.02. The minimum atomic E-state index is -0.385. The standard InChI is InChI=1S/C26H36N2O3/c1-4-5-7-12-22-24(20-13-15-21(16-14-20)26(30)31-3)23(25(27)29)18(2)28(22)17-19-10-8-6-9-11-19/h13-16,19H,4-12,17H2,1-3H3,(H2,27,29). The van der Waals surface area contributed by atoms with Crippen LogP contribution < -0.4 is 5.73 Å². The molecule has 31 heavy (non-hydrogen) atoms. The van der Waals surface area contributed by atoms with Gasteiger partial charge in [-0.3, -0.25) is 4.79 Å². The SMILES string of the molecule is CCCCCc1c(-c2ccc(C(=O)OC)cc2)c(C(N)=O)c(C)n1CC1CCCCC1. The fraction of sp³-hybridized carbons (Fsp3) is 0.538. The van der Waals surface area contributed by atoms with Crippen LogP contribution in [0.1, 0.15) is 90.4 Å². The highest BCUT2D eigenvalue weighted by atomic mass is 16.5. The van der Waals surface area contributed by atoms with Crippen molar-refractivity contribution < 1.29 is 14.3 Å². The molecule has 0 atom stereocenters. The molecule has 0 aliphatic heterocycles.